The van der Waals surface area contributed by atoms with E-state index >= 15 is 0 Å². The molecule has 0 N–H and O–H groups in total. The third-order valence-electron chi connectivity index (χ3n) is 0.133. The minimum Gasteiger partial charge on any atom is -0.563 e. The zero-order valence-electron chi connectivity index (χ0n) is 5.02. The van der Waals surface area contributed by atoms with E-state index in [-0.39, 0.29) is 37.7 Å². The SMILES string of the molecule is CBr.O=[P+]([O-])O[P+](=O)[O-].[Ca+2]. The molecule has 54 valence electrons. The summed E-state index contributed by atoms with van der Waals surface area (Å²) in [7, 11) is -6.47. The van der Waals surface area contributed by atoms with E-state index < -0.39 is 16.5 Å². The molecule has 0 saturated heterocycles. The van der Waals surface area contributed by atoms with Crippen molar-refractivity contribution in [3.63, 3.8) is 0 Å². The molecule has 0 aromatic heterocycles. The van der Waals surface area contributed by atoms with Crippen molar-refractivity contribution in [3.05, 3.63) is 0 Å². The van der Waals surface area contributed by atoms with Gasteiger partial charge in [0.2, 0.25) is 0 Å². The molecule has 10 heavy (non-hydrogen) atoms. The summed E-state index contributed by atoms with van der Waals surface area (Å²) in [5, 5.41) is 0. The Morgan fingerprint density at radius 1 is 1.20 bits per heavy atom. The fourth-order valence-corrected chi connectivity index (χ4v) is 0.490. The number of rotatable bonds is 2. The van der Waals surface area contributed by atoms with Crippen molar-refractivity contribution in [2.45, 2.75) is 0 Å². The standard InChI is InChI=1S/CH3Br.Ca.O5P2/c1-2;;1-6(2)5-7(3)4/h1H3;;/q;+2;. The van der Waals surface area contributed by atoms with Crippen molar-refractivity contribution >= 4 is 70.2 Å². The van der Waals surface area contributed by atoms with Gasteiger partial charge in [-0.15, -0.1) is 0 Å². The third kappa shape index (κ3) is 22.6. The van der Waals surface area contributed by atoms with Crippen LogP contribution in [0, 0.1) is 0 Å². The summed E-state index contributed by atoms with van der Waals surface area (Å²) in [6.07, 6.45) is 0. The minimum atomic E-state index is -3.24. The summed E-state index contributed by atoms with van der Waals surface area (Å²) >= 11 is 2.94. The first-order valence-electron chi connectivity index (χ1n) is 1.47. The first kappa shape index (κ1) is 17.8. The van der Waals surface area contributed by atoms with E-state index in [1.54, 1.807) is 0 Å². The van der Waals surface area contributed by atoms with Crippen LogP contribution >= 0.6 is 32.4 Å². The van der Waals surface area contributed by atoms with Crippen LogP contribution in [-0.4, -0.2) is 43.6 Å². The molecule has 0 fully saturated rings. The van der Waals surface area contributed by atoms with Gasteiger partial charge in [0.15, 0.2) is 0 Å². The van der Waals surface area contributed by atoms with E-state index in [2.05, 4.69) is 20.2 Å². The van der Waals surface area contributed by atoms with Crippen LogP contribution < -0.4 is 9.79 Å². The molecule has 0 aromatic carbocycles. The molecule has 0 amide bonds. The number of halogens is 1. The van der Waals surface area contributed by atoms with E-state index in [0.717, 1.165) is 0 Å². The van der Waals surface area contributed by atoms with Gasteiger partial charge in [-0.2, -0.15) is 0 Å². The van der Waals surface area contributed by atoms with Gasteiger partial charge in [0, 0.05) is 0 Å². The van der Waals surface area contributed by atoms with Gasteiger partial charge in [0.25, 0.3) is 0 Å². The molecule has 2 atom stereocenters. The zero-order valence-corrected chi connectivity index (χ0v) is 10.6. The van der Waals surface area contributed by atoms with Crippen LogP contribution in [0.1, 0.15) is 0 Å². The van der Waals surface area contributed by atoms with Crippen molar-refractivity contribution in [1.29, 1.82) is 0 Å². The molecule has 0 spiro atoms. The van der Waals surface area contributed by atoms with E-state index in [0.29, 0.717) is 0 Å². The van der Waals surface area contributed by atoms with Crippen LogP contribution in [0.3, 0.4) is 0 Å². The first-order chi connectivity index (χ1) is 4.13. The monoisotopic (exact) mass is 276 g/mol. The molecule has 0 aromatic rings. The predicted molar refractivity (Wildman–Crippen MR) is 36.9 cm³/mol. The van der Waals surface area contributed by atoms with Crippen molar-refractivity contribution in [3.8, 4) is 0 Å². The minimum absolute atomic E-state index is 0. The third-order valence-corrected chi connectivity index (χ3v) is 1.20. The Labute approximate surface area is 98.2 Å². The van der Waals surface area contributed by atoms with Crippen molar-refractivity contribution < 1.29 is 23.2 Å². The van der Waals surface area contributed by atoms with Gasteiger partial charge in [-0.1, -0.05) is 15.9 Å². The summed E-state index contributed by atoms with van der Waals surface area (Å²) in [6.45, 7) is 0. The summed E-state index contributed by atoms with van der Waals surface area (Å²) in [5.74, 6) is 1.81. The van der Waals surface area contributed by atoms with E-state index in [1.165, 1.54) is 0 Å². The molecule has 0 heterocycles. The van der Waals surface area contributed by atoms with Crippen molar-refractivity contribution in [2.24, 2.45) is 0 Å². The zero-order chi connectivity index (χ0) is 7.86. The summed E-state index contributed by atoms with van der Waals surface area (Å²) in [4.78, 5) is 18.5. The fourth-order valence-electron chi connectivity index (χ4n) is 0.0544. The average Bonchev–Trinajstić information content (AvgIpc) is 1.68. The van der Waals surface area contributed by atoms with Crippen LogP contribution in [0.5, 0.6) is 0 Å². The Morgan fingerprint density at radius 3 is 1.40 bits per heavy atom. The molecule has 9 heteroatoms. The molecule has 0 aliphatic heterocycles. The van der Waals surface area contributed by atoms with Crippen LogP contribution in [-0.2, 0) is 13.4 Å². The van der Waals surface area contributed by atoms with Gasteiger partial charge in [0.05, 0.1) is 0 Å². The topological polar surface area (TPSA) is 89.5 Å². The maximum Gasteiger partial charge on any atom is 2.00 e. The van der Waals surface area contributed by atoms with Crippen LogP contribution in [0.4, 0.5) is 0 Å². The largest absolute Gasteiger partial charge is 2.00 e. The van der Waals surface area contributed by atoms with Gasteiger partial charge in [-0.05, 0) is 15.0 Å². The number of alkyl halides is 1. The molecular weight excluding hydrogens is 274 g/mol. The Kier molecular flexibility index (Phi) is 23.9. The Hall–Kier alpha value is 1.82. The van der Waals surface area contributed by atoms with Crippen molar-refractivity contribution in [2.75, 3.05) is 5.83 Å². The maximum absolute atomic E-state index is 9.24. The number of hydrogen-bond acceptors (Lipinski definition) is 5. The fraction of sp³-hybridized carbons (Fsp3) is 1.00. The van der Waals surface area contributed by atoms with Gasteiger partial charge in [-0.25, -0.2) is 0 Å². The predicted octanol–water partition coefficient (Wildman–Crippen LogP) is -0.331. The second-order valence-electron chi connectivity index (χ2n) is 0.529. The molecule has 0 saturated carbocycles. The van der Waals surface area contributed by atoms with Crippen LogP contribution in [0.25, 0.3) is 0 Å². The Morgan fingerprint density at radius 2 is 1.40 bits per heavy atom. The smallest absolute Gasteiger partial charge is 0.563 e. The van der Waals surface area contributed by atoms with Crippen LogP contribution in [0.15, 0.2) is 0 Å². The quantitative estimate of drug-likeness (QED) is 0.391. The molecular formula is CH3BrCaO5P2+2. The molecule has 5 nitrogen and oxygen atoms in total. The normalized spacial score (nSPS) is 10.0. The molecule has 2 unspecified atom stereocenters. The molecule has 0 radical (unpaired) electrons. The number of hydrogen-bond donors (Lipinski definition) is 0. The molecule has 0 aliphatic carbocycles. The Balaban J connectivity index is -0.000000149. The van der Waals surface area contributed by atoms with Crippen molar-refractivity contribution in [1.82, 2.24) is 0 Å². The summed E-state index contributed by atoms with van der Waals surface area (Å²) in [6, 6.07) is 0. The molecule has 0 rings (SSSR count). The average molecular weight is 277 g/mol. The van der Waals surface area contributed by atoms with Gasteiger partial charge < -0.3 is 9.79 Å². The molecule has 0 aliphatic rings. The van der Waals surface area contributed by atoms with E-state index in [4.69, 9.17) is 0 Å². The van der Waals surface area contributed by atoms with Gasteiger partial charge in [-0.3, -0.25) is 0 Å². The summed E-state index contributed by atoms with van der Waals surface area (Å²) in [5.41, 5.74) is 0. The van der Waals surface area contributed by atoms with Gasteiger partial charge >= 0.3 is 54.2 Å². The van der Waals surface area contributed by atoms with E-state index in [9.17, 15) is 18.9 Å². The Bertz CT molecular complexity index is 95.8. The second kappa shape index (κ2) is 13.4. The molecule has 0 bridgehead atoms. The van der Waals surface area contributed by atoms with Gasteiger partial charge in [0.1, 0.15) is 4.31 Å². The second-order valence-corrected chi connectivity index (χ2v) is 2.08. The van der Waals surface area contributed by atoms with Crippen LogP contribution in [0.2, 0.25) is 0 Å². The maximum atomic E-state index is 9.24. The van der Waals surface area contributed by atoms with E-state index in [1.807, 2.05) is 5.83 Å². The summed E-state index contributed by atoms with van der Waals surface area (Å²) < 4.78 is 21.6. The first-order valence-corrected chi connectivity index (χ1v) is 5.25.